The molecule has 64 valence electrons. The van der Waals surface area contributed by atoms with Crippen LogP contribution >= 0.6 is 0 Å². The molecule has 1 aliphatic rings. The molecule has 0 saturated carbocycles. The average molecular weight is 165 g/mol. The number of ether oxygens (including phenoxy) is 2. The van der Waals surface area contributed by atoms with Gasteiger partial charge in [0.2, 0.25) is 6.79 Å². The van der Waals surface area contributed by atoms with Crippen molar-refractivity contribution in [1.29, 1.82) is 0 Å². The molecule has 12 heavy (non-hydrogen) atoms. The van der Waals surface area contributed by atoms with Crippen molar-refractivity contribution >= 4 is 5.69 Å². The van der Waals surface area contributed by atoms with Crippen molar-refractivity contribution in [2.75, 3.05) is 12.5 Å². The molecule has 0 unspecified atom stereocenters. The number of hydrogen-bond donors (Lipinski definition) is 1. The molecule has 0 atom stereocenters. The maximum atomic E-state index is 5.82. The van der Waals surface area contributed by atoms with Crippen LogP contribution in [0.5, 0.6) is 11.5 Å². The summed E-state index contributed by atoms with van der Waals surface area (Å²) in [7, 11) is 0. The van der Waals surface area contributed by atoms with Crippen LogP contribution in [0.15, 0.2) is 6.07 Å². The lowest BCUT2D eigenvalue weighted by atomic mass is 10.1. The Bertz CT molecular complexity index is 334. The first kappa shape index (κ1) is 7.28. The van der Waals surface area contributed by atoms with Gasteiger partial charge in [-0.3, -0.25) is 0 Å². The number of benzene rings is 1. The summed E-state index contributed by atoms with van der Waals surface area (Å²) in [6, 6.07) is 1.91. The Morgan fingerprint density at radius 1 is 1.33 bits per heavy atom. The molecule has 3 heteroatoms. The maximum Gasteiger partial charge on any atom is 0.231 e. The molecule has 0 aromatic heterocycles. The molecule has 2 N–H and O–H groups in total. The van der Waals surface area contributed by atoms with E-state index in [2.05, 4.69) is 0 Å². The monoisotopic (exact) mass is 165 g/mol. The standard InChI is InChI=1S/C9H11NO2/c1-5-3-7-9(12-4-11-7)6(2)8(5)10/h3H,4,10H2,1-2H3. The third-order valence-corrected chi connectivity index (χ3v) is 2.16. The Balaban J connectivity index is 2.67. The van der Waals surface area contributed by atoms with Gasteiger partial charge < -0.3 is 15.2 Å². The van der Waals surface area contributed by atoms with E-state index in [1.165, 1.54) is 0 Å². The van der Waals surface area contributed by atoms with E-state index in [1.54, 1.807) is 0 Å². The summed E-state index contributed by atoms with van der Waals surface area (Å²) < 4.78 is 10.5. The molecular weight excluding hydrogens is 154 g/mol. The van der Waals surface area contributed by atoms with E-state index in [4.69, 9.17) is 15.2 Å². The minimum Gasteiger partial charge on any atom is -0.454 e. The first-order valence-electron chi connectivity index (χ1n) is 3.85. The highest BCUT2D eigenvalue weighted by Gasteiger charge is 2.18. The predicted molar refractivity (Wildman–Crippen MR) is 46.5 cm³/mol. The number of rotatable bonds is 0. The van der Waals surface area contributed by atoms with Crippen LogP contribution in [0, 0.1) is 13.8 Å². The zero-order valence-corrected chi connectivity index (χ0v) is 7.18. The fourth-order valence-corrected chi connectivity index (χ4v) is 1.38. The number of fused-ring (bicyclic) bond motifs is 1. The van der Waals surface area contributed by atoms with Gasteiger partial charge in [0, 0.05) is 11.3 Å². The van der Waals surface area contributed by atoms with E-state index in [0.29, 0.717) is 6.79 Å². The van der Waals surface area contributed by atoms with E-state index in [0.717, 1.165) is 28.3 Å². The molecule has 0 saturated heterocycles. The molecule has 0 bridgehead atoms. The van der Waals surface area contributed by atoms with Gasteiger partial charge in [0.1, 0.15) is 0 Å². The van der Waals surface area contributed by atoms with Gasteiger partial charge in [0.05, 0.1) is 0 Å². The van der Waals surface area contributed by atoms with Crippen LogP contribution in [0.3, 0.4) is 0 Å². The number of nitrogens with two attached hydrogens (primary N) is 1. The van der Waals surface area contributed by atoms with E-state index >= 15 is 0 Å². The Labute approximate surface area is 71.1 Å². The number of anilines is 1. The lowest BCUT2D eigenvalue weighted by Gasteiger charge is -2.06. The molecule has 0 aliphatic carbocycles. The second-order valence-corrected chi connectivity index (χ2v) is 2.97. The molecule has 2 rings (SSSR count). The van der Waals surface area contributed by atoms with E-state index in [9.17, 15) is 0 Å². The summed E-state index contributed by atoms with van der Waals surface area (Å²) >= 11 is 0. The van der Waals surface area contributed by atoms with Gasteiger partial charge in [-0.25, -0.2) is 0 Å². The quantitative estimate of drug-likeness (QED) is 0.594. The van der Waals surface area contributed by atoms with E-state index in [-0.39, 0.29) is 0 Å². The highest BCUT2D eigenvalue weighted by atomic mass is 16.7. The van der Waals surface area contributed by atoms with Gasteiger partial charge in [-0.1, -0.05) is 0 Å². The number of aryl methyl sites for hydroxylation is 1. The largest absolute Gasteiger partial charge is 0.454 e. The third-order valence-electron chi connectivity index (χ3n) is 2.16. The second-order valence-electron chi connectivity index (χ2n) is 2.97. The molecule has 0 spiro atoms. The zero-order valence-electron chi connectivity index (χ0n) is 7.18. The van der Waals surface area contributed by atoms with Gasteiger partial charge in [0.25, 0.3) is 0 Å². The molecule has 0 radical (unpaired) electrons. The van der Waals surface area contributed by atoms with Crippen LogP contribution in [-0.4, -0.2) is 6.79 Å². The van der Waals surface area contributed by atoms with Gasteiger partial charge in [-0.2, -0.15) is 0 Å². The van der Waals surface area contributed by atoms with Gasteiger partial charge in [-0.05, 0) is 25.5 Å². The molecular formula is C9H11NO2. The average Bonchev–Trinajstić information content (AvgIpc) is 2.48. The van der Waals surface area contributed by atoms with Gasteiger partial charge >= 0.3 is 0 Å². The SMILES string of the molecule is Cc1cc2c(c(C)c1N)OCO2. The van der Waals surface area contributed by atoms with Crippen molar-refractivity contribution in [1.82, 2.24) is 0 Å². The molecule has 1 heterocycles. The topological polar surface area (TPSA) is 44.5 Å². The summed E-state index contributed by atoms with van der Waals surface area (Å²) in [5.41, 5.74) is 8.62. The third kappa shape index (κ3) is 0.826. The van der Waals surface area contributed by atoms with E-state index in [1.807, 2.05) is 19.9 Å². The van der Waals surface area contributed by atoms with Crippen LogP contribution in [0.2, 0.25) is 0 Å². The molecule has 0 fully saturated rings. The fourth-order valence-electron chi connectivity index (χ4n) is 1.38. The summed E-state index contributed by atoms with van der Waals surface area (Å²) in [6.45, 7) is 4.21. The van der Waals surface area contributed by atoms with Crippen molar-refractivity contribution < 1.29 is 9.47 Å². The first-order chi connectivity index (χ1) is 5.70. The van der Waals surface area contributed by atoms with Crippen LogP contribution in [-0.2, 0) is 0 Å². The first-order valence-corrected chi connectivity index (χ1v) is 3.85. The molecule has 0 amide bonds. The van der Waals surface area contributed by atoms with Crippen molar-refractivity contribution in [3.05, 3.63) is 17.2 Å². The minimum atomic E-state index is 0.305. The number of nitrogen functional groups attached to an aromatic ring is 1. The molecule has 1 aliphatic heterocycles. The second kappa shape index (κ2) is 2.30. The summed E-state index contributed by atoms with van der Waals surface area (Å²) in [4.78, 5) is 0. The van der Waals surface area contributed by atoms with Crippen LogP contribution in [0.1, 0.15) is 11.1 Å². The smallest absolute Gasteiger partial charge is 0.231 e. The Hall–Kier alpha value is -1.38. The molecule has 1 aromatic rings. The van der Waals surface area contributed by atoms with Crippen molar-refractivity contribution in [3.63, 3.8) is 0 Å². The van der Waals surface area contributed by atoms with Crippen molar-refractivity contribution in [3.8, 4) is 11.5 Å². The zero-order chi connectivity index (χ0) is 8.72. The minimum absolute atomic E-state index is 0.305. The highest BCUT2D eigenvalue weighted by Crippen LogP contribution is 2.39. The Kier molecular flexibility index (Phi) is 1.40. The van der Waals surface area contributed by atoms with Crippen molar-refractivity contribution in [2.45, 2.75) is 13.8 Å². The summed E-state index contributed by atoms with van der Waals surface area (Å²) in [5, 5.41) is 0. The van der Waals surface area contributed by atoms with Crippen LogP contribution in [0.25, 0.3) is 0 Å². The number of hydrogen-bond acceptors (Lipinski definition) is 3. The fraction of sp³-hybridized carbons (Fsp3) is 0.333. The normalized spacial score (nSPS) is 13.5. The molecule has 1 aromatic carbocycles. The van der Waals surface area contributed by atoms with E-state index < -0.39 is 0 Å². The van der Waals surface area contributed by atoms with Crippen molar-refractivity contribution in [2.24, 2.45) is 0 Å². The summed E-state index contributed by atoms with van der Waals surface area (Å²) in [6.07, 6.45) is 0. The maximum absolute atomic E-state index is 5.82. The predicted octanol–water partition coefficient (Wildman–Crippen LogP) is 1.61. The lowest BCUT2D eigenvalue weighted by Crippen LogP contribution is -1.95. The Morgan fingerprint density at radius 2 is 2.08 bits per heavy atom. The molecule has 3 nitrogen and oxygen atoms in total. The van der Waals surface area contributed by atoms with Gasteiger partial charge in [0.15, 0.2) is 11.5 Å². The lowest BCUT2D eigenvalue weighted by molar-refractivity contribution is 0.173. The Morgan fingerprint density at radius 3 is 2.83 bits per heavy atom. The summed E-state index contributed by atoms with van der Waals surface area (Å²) in [5.74, 6) is 1.59. The van der Waals surface area contributed by atoms with Crippen LogP contribution < -0.4 is 15.2 Å². The van der Waals surface area contributed by atoms with Crippen LogP contribution in [0.4, 0.5) is 5.69 Å². The van der Waals surface area contributed by atoms with Gasteiger partial charge in [-0.15, -0.1) is 0 Å². The highest BCUT2D eigenvalue weighted by molar-refractivity contribution is 5.64.